The summed E-state index contributed by atoms with van der Waals surface area (Å²) < 4.78 is 0.448. The van der Waals surface area contributed by atoms with E-state index in [2.05, 4.69) is 16.6 Å². The lowest BCUT2D eigenvalue weighted by Gasteiger charge is -2.14. The smallest absolute Gasteiger partial charge is 0.149 e. The van der Waals surface area contributed by atoms with Crippen molar-refractivity contribution < 1.29 is 0 Å². The molecule has 4 heteroatoms. The van der Waals surface area contributed by atoms with Gasteiger partial charge in [0.2, 0.25) is 0 Å². The fourth-order valence-corrected chi connectivity index (χ4v) is 2.13. The van der Waals surface area contributed by atoms with Gasteiger partial charge < -0.3 is 11.1 Å². The van der Waals surface area contributed by atoms with Crippen LogP contribution in [0.2, 0.25) is 0 Å². The molecule has 1 aromatic rings. The average Bonchev–Trinajstić information content (AvgIpc) is 2.98. The van der Waals surface area contributed by atoms with Gasteiger partial charge in [-0.1, -0.05) is 0 Å². The molecule has 14 heavy (non-hydrogen) atoms. The summed E-state index contributed by atoms with van der Waals surface area (Å²) >= 11 is 1.93. The number of thioether (sulfide) groups is 1. The Morgan fingerprint density at radius 3 is 3.00 bits per heavy atom. The molecule has 0 radical (unpaired) electrons. The fraction of sp³-hybridized carbons (Fsp3) is 0.500. The molecule has 0 amide bonds. The molecule has 1 heterocycles. The van der Waals surface area contributed by atoms with Gasteiger partial charge in [0.25, 0.3) is 0 Å². The Hall–Kier alpha value is -0.900. The SMILES string of the molecule is CSC1(CNc2ncccc2N)CC1. The molecule has 1 saturated carbocycles. The van der Waals surface area contributed by atoms with Crippen LogP contribution >= 0.6 is 11.8 Å². The molecule has 0 spiro atoms. The summed E-state index contributed by atoms with van der Waals surface area (Å²) in [6.45, 7) is 0.968. The molecule has 0 atom stereocenters. The third-order valence-electron chi connectivity index (χ3n) is 2.66. The van der Waals surface area contributed by atoms with Crippen molar-refractivity contribution >= 4 is 23.3 Å². The van der Waals surface area contributed by atoms with Crippen molar-refractivity contribution in [2.75, 3.05) is 23.9 Å². The van der Waals surface area contributed by atoms with Gasteiger partial charge in [-0.3, -0.25) is 0 Å². The van der Waals surface area contributed by atoms with Crippen LogP contribution in [-0.2, 0) is 0 Å². The van der Waals surface area contributed by atoms with Crippen molar-refractivity contribution in [1.82, 2.24) is 4.98 Å². The maximum Gasteiger partial charge on any atom is 0.149 e. The summed E-state index contributed by atoms with van der Waals surface area (Å²) in [4.78, 5) is 4.20. The Kier molecular flexibility index (Phi) is 2.54. The number of nitrogen functional groups attached to an aromatic ring is 1. The lowest BCUT2D eigenvalue weighted by molar-refractivity contribution is 0.941. The molecule has 1 aliphatic carbocycles. The van der Waals surface area contributed by atoms with Gasteiger partial charge >= 0.3 is 0 Å². The molecule has 3 nitrogen and oxygen atoms in total. The van der Waals surface area contributed by atoms with E-state index in [4.69, 9.17) is 5.73 Å². The predicted octanol–water partition coefficient (Wildman–Crippen LogP) is 1.97. The molecular formula is C10H15N3S. The highest BCUT2D eigenvalue weighted by Gasteiger charge is 2.41. The van der Waals surface area contributed by atoms with E-state index >= 15 is 0 Å². The standard InChI is InChI=1S/C10H15N3S/c1-14-10(4-5-10)7-13-9-8(11)3-2-6-12-9/h2-3,6H,4-5,7,11H2,1H3,(H,12,13). The average molecular weight is 209 g/mol. The fourth-order valence-electron chi connectivity index (χ4n) is 1.40. The van der Waals surface area contributed by atoms with Crippen LogP contribution in [0, 0.1) is 0 Å². The van der Waals surface area contributed by atoms with E-state index in [0.29, 0.717) is 4.75 Å². The zero-order valence-corrected chi connectivity index (χ0v) is 9.10. The minimum absolute atomic E-state index is 0.448. The van der Waals surface area contributed by atoms with Crippen LogP contribution < -0.4 is 11.1 Å². The van der Waals surface area contributed by atoms with Gasteiger partial charge in [0.1, 0.15) is 5.82 Å². The van der Waals surface area contributed by atoms with Gasteiger partial charge in [0, 0.05) is 17.5 Å². The minimum atomic E-state index is 0.448. The van der Waals surface area contributed by atoms with E-state index in [-0.39, 0.29) is 0 Å². The summed E-state index contributed by atoms with van der Waals surface area (Å²) in [5.74, 6) is 0.813. The number of pyridine rings is 1. The molecule has 0 bridgehead atoms. The van der Waals surface area contributed by atoms with Gasteiger partial charge in [0.15, 0.2) is 0 Å². The van der Waals surface area contributed by atoms with E-state index in [1.165, 1.54) is 12.8 Å². The van der Waals surface area contributed by atoms with Gasteiger partial charge in [0.05, 0.1) is 5.69 Å². The lowest BCUT2D eigenvalue weighted by Crippen LogP contribution is -2.18. The van der Waals surface area contributed by atoms with Crippen LogP contribution in [-0.4, -0.2) is 22.5 Å². The molecule has 1 aliphatic rings. The number of hydrogen-bond donors (Lipinski definition) is 2. The molecular weight excluding hydrogens is 194 g/mol. The highest BCUT2D eigenvalue weighted by Crippen LogP contribution is 2.47. The number of hydrogen-bond acceptors (Lipinski definition) is 4. The second-order valence-corrected chi connectivity index (χ2v) is 4.96. The van der Waals surface area contributed by atoms with E-state index in [0.717, 1.165) is 18.1 Å². The highest BCUT2D eigenvalue weighted by molar-refractivity contribution is 8.00. The van der Waals surface area contributed by atoms with Crippen LogP contribution in [0.3, 0.4) is 0 Å². The number of nitrogens with one attached hydrogen (secondary N) is 1. The van der Waals surface area contributed by atoms with Gasteiger partial charge in [-0.05, 0) is 31.2 Å². The molecule has 76 valence electrons. The molecule has 0 saturated heterocycles. The van der Waals surface area contributed by atoms with Crippen LogP contribution in [0.1, 0.15) is 12.8 Å². The van der Waals surface area contributed by atoms with Crippen molar-refractivity contribution in [2.45, 2.75) is 17.6 Å². The molecule has 1 aromatic heterocycles. The predicted molar refractivity (Wildman–Crippen MR) is 62.6 cm³/mol. The normalized spacial score (nSPS) is 17.8. The summed E-state index contributed by atoms with van der Waals surface area (Å²) in [5, 5.41) is 3.31. The van der Waals surface area contributed by atoms with E-state index in [1.807, 2.05) is 23.9 Å². The maximum absolute atomic E-state index is 5.78. The van der Waals surface area contributed by atoms with Crippen molar-refractivity contribution in [2.24, 2.45) is 0 Å². The maximum atomic E-state index is 5.78. The Balaban J connectivity index is 1.95. The van der Waals surface area contributed by atoms with E-state index < -0.39 is 0 Å². The topological polar surface area (TPSA) is 50.9 Å². The van der Waals surface area contributed by atoms with Crippen LogP contribution in [0.4, 0.5) is 11.5 Å². The molecule has 0 aromatic carbocycles. The monoisotopic (exact) mass is 209 g/mol. The summed E-state index contributed by atoms with van der Waals surface area (Å²) in [6, 6.07) is 3.72. The van der Waals surface area contributed by atoms with Crippen molar-refractivity contribution in [3.05, 3.63) is 18.3 Å². The third-order valence-corrected chi connectivity index (χ3v) is 4.08. The molecule has 3 N–H and O–H groups in total. The first kappa shape index (κ1) is 9.65. The molecule has 0 aliphatic heterocycles. The Morgan fingerprint density at radius 1 is 1.64 bits per heavy atom. The molecule has 0 unspecified atom stereocenters. The number of anilines is 2. The van der Waals surface area contributed by atoms with E-state index in [9.17, 15) is 0 Å². The third kappa shape index (κ3) is 1.95. The van der Waals surface area contributed by atoms with Crippen molar-refractivity contribution in [3.8, 4) is 0 Å². The van der Waals surface area contributed by atoms with Crippen LogP contribution in [0.15, 0.2) is 18.3 Å². The van der Waals surface area contributed by atoms with Gasteiger partial charge in [-0.25, -0.2) is 4.98 Å². The quantitative estimate of drug-likeness (QED) is 0.796. The Labute approximate surface area is 88.5 Å². The first-order valence-corrected chi connectivity index (χ1v) is 5.98. The Morgan fingerprint density at radius 2 is 2.43 bits per heavy atom. The highest BCUT2D eigenvalue weighted by atomic mass is 32.2. The molecule has 1 fully saturated rings. The Bertz CT molecular complexity index is 323. The zero-order chi connectivity index (χ0) is 10.0. The van der Waals surface area contributed by atoms with Gasteiger partial charge in [-0.15, -0.1) is 0 Å². The second-order valence-electron chi connectivity index (χ2n) is 3.68. The summed E-state index contributed by atoms with van der Waals surface area (Å²) in [7, 11) is 0. The largest absolute Gasteiger partial charge is 0.396 e. The zero-order valence-electron chi connectivity index (χ0n) is 8.29. The van der Waals surface area contributed by atoms with Crippen molar-refractivity contribution in [1.29, 1.82) is 0 Å². The first-order valence-electron chi connectivity index (χ1n) is 4.75. The summed E-state index contributed by atoms with van der Waals surface area (Å²) in [5.41, 5.74) is 6.51. The van der Waals surface area contributed by atoms with E-state index in [1.54, 1.807) is 6.20 Å². The summed E-state index contributed by atoms with van der Waals surface area (Å²) in [6.07, 6.45) is 6.52. The first-order chi connectivity index (χ1) is 6.76. The lowest BCUT2D eigenvalue weighted by atomic mass is 10.3. The number of rotatable bonds is 4. The van der Waals surface area contributed by atoms with Crippen LogP contribution in [0.5, 0.6) is 0 Å². The number of aromatic nitrogens is 1. The minimum Gasteiger partial charge on any atom is -0.396 e. The van der Waals surface area contributed by atoms with Crippen LogP contribution in [0.25, 0.3) is 0 Å². The second kappa shape index (κ2) is 3.69. The number of nitrogens with two attached hydrogens (primary N) is 1. The van der Waals surface area contributed by atoms with Crippen molar-refractivity contribution in [3.63, 3.8) is 0 Å². The molecule has 2 rings (SSSR count). The number of nitrogens with zero attached hydrogens (tertiary/aromatic N) is 1. The van der Waals surface area contributed by atoms with Gasteiger partial charge in [-0.2, -0.15) is 11.8 Å².